The summed E-state index contributed by atoms with van der Waals surface area (Å²) in [5.41, 5.74) is 3.33. The van der Waals surface area contributed by atoms with Crippen molar-refractivity contribution in [3.8, 4) is 11.5 Å². The lowest BCUT2D eigenvalue weighted by Crippen LogP contribution is -2.29. The van der Waals surface area contributed by atoms with Crippen LogP contribution in [0, 0.1) is 13.8 Å². The highest BCUT2D eigenvalue weighted by molar-refractivity contribution is 7.17. The van der Waals surface area contributed by atoms with Crippen LogP contribution in [0.3, 0.4) is 0 Å². The Morgan fingerprint density at radius 2 is 1.64 bits per heavy atom. The second-order valence-electron chi connectivity index (χ2n) is 10.5. The number of hydrogen-bond acceptors (Lipinski definition) is 9. The molecule has 10 heteroatoms. The minimum Gasteiger partial charge on any atom is -0.507 e. The highest BCUT2D eigenvalue weighted by Crippen LogP contribution is 2.44. The third-order valence-electron chi connectivity index (χ3n) is 7.18. The first-order chi connectivity index (χ1) is 21.7. The second-order valence-corrected chi connectivity index (χ2v) is 11.5. The van der Waals surface area contributed by atoms with E-state index in [1.54, 1.807) is 62.4 Å². The molecule has 1 aromatic heterocycles. The van der Waals surface area contributed by atoms with Crippen LogP contribution < -0.4 is 14.4 Å². The van der Waals surface area contributed by atoms with Crippen molar-refractivity contribution in [2.75, 3.05) is 18.1 Å². The number of aryl methyl sites for hydroxylation is 2. The number of thiazole rings is 1. The highest BCUT2D eigenvalue weighted by atomic mass is 32.1. The Morgan fingerprint density at radius 1 is 0.956 bits per heavy atom. The molecule has 1 aliphatic rings. The lowest BCUT2D eigenvalue weighted by Gasteiger charge is -2.23. The summed E-state index contributed by atoms with van der Waals surface area (Å²) in [6.45, 7) is 8.45. The molecule has 1 fully saturated rings. The Hall–Kier alpha value is -4.96. The van der Waals surface area contributed by atoms with Crippen molar-refractivity contribution < 1.29 is 33.7 Å². The monoisotopic (exact) mass is 626 g/mol. The minimum absolute atomic E-state index is 0.0961. The number of carbonyl (C=O) groups excluding carboxylic acids is 3. The summed E-state index contributed by atoms with van der Waals surface area (Å²) < 4.78 is 16.8. The molecule has 9 nitrogen and oxygen atoms in total. The molecule has 0 radical (unpaired) electrons. The number of amides is 1. The van der Waals surface area contributed by atoms with Gasteiger partial charge in [-0.2, -0.15) is 0 Å². The molecule has 2 heterocycles. The molecule has 1 saturated heterocycles. The van der Waals surface area contributed by atoms with Gasteiger partial charge in [0.05, 0.1) is 30.5 Å². The molecule has 3 aromatic carbocycles. The first-order valence-corrected chi connectivity index (χ1v) is 15.5. The van der Waals surface area contributed by atoms with Gasteiger partial charge >= 0.3 is 11.9 Å². The van der Waals surface area contributed by atoms with E-state index in [-0.39, 0.29) is 27.9 Å². The molecular formula is C35H34N2O7S. The van der Waals surface area contributed by atoms with Gasteiger partial charge in [0, 0.05) is 5.56 Å². The second kappa shape index (κ2) is 13.8. The number of nitrogens with zero attached hydrogens (tertiary/aromatic N) is 2. The smallest absolute Gasteiger partial charge is 0.350 e. The molecule has 0 saturated carbocycles. The van der Waals surface area contributed by atoms with E-state index in [9.17, 15) is 19.5 Å². The van der Waals surface area contributed by atoms with Gasteiger partial charge in [0.1, 0.15) is 28.7 Å². The summed E-state index contributed by atoms with van der Waals surface area (Å²) in [6, 6.07) is 20.7. The number of ketones is 1. The third kappa shape index (κ3) is 6.76. The fraction of sp³-hybridized carbons (Fsp3) is 0.257. The van der Waals surface area contributed by atoms with E-state index in [2.05, 4.69) is 4.98 Å². The summed E-state index contributed by atoms with van der Waals surface area (Å²) in [4.78, 5) is 45.7. The maximum Gasteiger partial charge on any atom is 0.350 e. The Bertz CT molecular complexity index is 1740. The van der Waals surface area contributed by atoms with Gasteiger partial charge in [-0.05, 0) is 74.7 Å². The van der Waals surface area contributed by atoms with Gasteiger partial charge in [-0.25, -0.2) is 9.78 Å². The van der Waals surface area contributed by atoms with Gasteiger partial charge in [0.15, 0.2) is 5.13 Å². The standard InChI is InChI=1S/C35H34N2O7S/c1-5-18-43-26-14-10-24(11-15-26)29-28(31(39)33(40)37(29)35-36-22(4)32(45-35)34(41)42-6-2)30(38)25-12-16-27(17-13-25)44-20-23-9-7-8-21(3)19-23/h7-17,19,29,38H,5-6,18,20H2,1-4H3/b30-28+. The van der Waals surface area contributed by atoms with E-state index in [1.165, 1.54) is 4.90 Å². The van der Waals surface area contributed by atoms with Crippen LogP contribution in [0.25, 0.3) is 5.76 Å². The first-order valence-electron chi connectivity index (χ1n) is 14.7. The van der Waals surface area contributed by atoms with Crippen molar-refractivity contribution in [1.82, 2.24) is 4.98 Å². The fourth-order valence-electron chi connectivity index (χ4n) is 5.02. The van der Waals surface area contributed by atoms with Crippen molar-refractivity contribution in [2.45, 2.75) is 46.8 Å². The number of Topliss-reactive ketones (excluding diaryl/α,β-unsaturated/α-hetero) is 1. The number of aliphatic hydroxyl groups is 1. The summed E-state index contributed by atoms with van der Waals surface area (Å²) in [7, 11) is 0. The van der Waals surface area contributed by atoms with Gasteiger partial charge < -0.3 is 19.3 Å². The van der Waals surface area contributed by atoms with E-state index < -0.39 is 23.7 Å². The van der Waals surface area contributed by atoms with Gasteiger partial charge in [0.2, 0.25) is 0 Å². The van der Waals surface area contributed by atoms with Crippen LogP contribution in [-0.4, -0.2) is 41.0 Å². The summed E-state index contributed by atoms with van der Waals surface area (Å²) in [5.74, 6) is -1.42. The quantitative estimate of drug-likeness (QED) is 0.0825. The number of rotatable bonds is 11. The molecule has 0 spiro atoms. The molecule has 1 aliphatic heterocycles. The summed E-state index contributed by atoms with van der Waals surface area (Å²) in [6.07, 6.45) is 0.837. The number of hydrogen-bond donors (Lipinski definition) is 1. The molecule has 0 bridgehead atoms. The van der Waals surface area contributed by atoms with Crippen LogP contribution in [-0.2, 0) is 20.9 Å². The molecule has 4 aromatic rings. The number of carbonyl (C=O) groups is 3. The molecule has 1 amide bonds. The van der Waals surface area contributed by atoms with Crippen molar-refractivity contribution in [3.05, 3.63) is 111 Å². The maximum atomic E-state index is 13.6. The van der Waals surface area contributed by atoms with Crippen molar-refractivity contribution >= 4 is 39.9 Å². The highest BCUT2D eigenvalue weighted by Gasteiger charge is 2.48. The Kier molecular flexibility index (Phi) is 9.63. The van der Waals surface area contributed by atoms with Crippen LogP contribution in [0.5, 0.6) is 11.5 Å². The van der Waals surface area contributed by atoms with Gasteiger partial charge in [0.25, 0.3) is 5.78 Å². The molecule has 232 valence electrons. The summed E-state index contributed by atoms with van der Waals surface area (Å²) >= 11 is 0.961. The van der Waals surface area contributed by atoms with Gasteiger partial charge in [-0.3, -0.25) is 14.5 Å². The predicted octanol–water partition coefficient (Wildman–Crippen LogP) is 6.93. The minimum atomic E-state index is -1.01. The van der Waals surface area contributed by atoms with E-state index in [0.29, 0.717) is 41.5 Å². The largest absolute Gasteiger partial charge is 0.507 e. The van der Waals surface area contributed by atoms with Crippen LogP contribution in [0.4, 0.5) is 5.13 Å². The molecular weight excluding hydrogens is 592 g/mol. The molecule has 45 heavy (non-hydrogen) atoms. The average Bonchev–Trinajstić information content (AvgIpc) is 3.55. The van der Waals surface area contributed by atoms with Crippen molar-refractivity contribution in [3.63, 3.8) is 0 Å². The first kappa shape index (κ1) is 31.5. The topological polar surface area (TPSA) is 115 Å². The normalized spacial score (nSPS) is 15.7. The predicted molar refractivity (Wildman–Crippen MR) is 172 cm³/mol. The zero-order valence-electron chi connectivity index (χ0n) is 25.5. The zero-order valence-corrected chi connectivity index (χ0v) is 26.3. The molecule has 1 N–H and O–H groups in total. The molecule has 1 unspecified atom stereocenters. The number of benzene rings is 3. The van der Waals surface area contributed by atoms with Gasteiger partial charge in [-0.1, -0.05) is 60.2 Å². The van der Waals surface area contributed by atoms with Crippen molar-refractivity contribution in [1.29, 1.82) is 0 Å². The van der Waals surface area contributed by atoms with Gasteiger partial charge in [-0.15, -0.1) is 0 Å². The van der Waals surface area contributed by atoms with E-state index in [1.807, 2.05) is 38.1 Å². The molecule has 1 atom stereocenters. The summed E-state index contributed by atoms with van der Waals surface area (Å²) in [5, 5.41) is 11.7. The van der Waals surface area contributed by atoms with E-state index >= 15 is 0 Å². The number of esters is 1. The maximum absolute atomic E-state index is 13.6. The van der Waals surface area contributed by atoms with Crippen molar-refractivity contribution in [2.24, 2.45) is 0 Å². The van der Waals surface area contributed by atoms with Crippen LogP contribution >= 0.6 is 11.3 Å². The van der Waals surface area contributed by atoms with E-state index in [0.717, 1.165) is 28.9 Å². The molecule has 5 rings (SSSR count). The third-order valence-corrected chi connectivity index (χ3v) is 8.32. The number of ether oxygens (including phenoxy) is 3. The van der Waals surface area contributed by atoms with Crippen LogP contribution in [0.1, 0.15) is 63.9 Å². The Balaban J connectivity index is 1.52. The number of anilines is 1. The number of aromatic nitrogens is 1. The number of aliphatic hydroxyl groups excluding tert-OH is 1. The molecule has 0 aliphatic carbocycles. The lowest BCUT2D eigenvalue weighted by molar-refractivity contribution is -0.132. The van der Waals surface area contributed by atoms with Crippen LogP contribution in [0.2, 0.25) is 0 Å². The average molecular weight is 627 g/mol. The van der Waals surface area contributed by atoms with Crippen LogP contribution in [0.15, 0.2) is 78.4 Å². The SMILES string of the molecule is CCCOc1ccc(C2/C(=C(\O)c3ccc(OCc4cccc(C)c4)cc3)C(=O)C(=O)N2c2nc(C)c(C(=O)OCC)s2)cc1. The Morgan fingerprint density at radius 3 is 2.31 bits per heavy atom. The fourth-order valence-corrected chi connectivity index (χ4v) is 6.00. The lowest BCUT2D eigenvalue weighted by atomic mass is 9.95. The zero-order chi connectivity index (χ0) is 32.1. The van der Waals surface area contributed by atoms with E-state index in [4.69, 9.17) is 14.2 Å². The Labute approximate surface area is 265 Å².